The fraction of sp³-hybridized carbons (Fsp3) is 0.333. The molecule has 0 radical (unpaired) electrons. The van der Waals surface area contributed by atoms with E-state index in [4.69, 9.17) is 16.0 Å². The number of halogens is 1. The Kier molecular flexibility index (Phi) is 3.74. The quantitative estimate of drug-likeness (QED) is 0.674. The molecular weight excluding hydrogens is 274 g/mol. The minimum Gasteiger partial charge on any atom is -0.469 e. The van der Waals surface area contributed by atoms with Crippen LogP contribution in [0.3, 0.4) is 0 Å². The molecule has 0 aliphatic carbocycles. The third-order valence-corrected chi connectivity index (χ3v) is 3.55. The third kappa shape index (κ3) is 2.43. The molecule has 0 aromatic carbocycles. The smallest absolute Gasteiger partial charge is 0.160 e. The van der Waals surface area contributed by atoms with E-state index in [0.29, 0.717) is 5.88 Å². The lowest BCUT2D eigenvalue weighted by atomic mass is 10.2. The summed E-state index contributed by atoms with van der Waals surface area (Å²) < 4.78 is 7.60. The van der Waals surface area contributed by atoms with Crippen LogP contribution < -0.4 is 0 Å². The second kappa shape index (κ2) is 5.67. The van der Waals surface area contributed by atoms with Gasteiger partial charge in [-0.25, -0.2) is 9.97 Å². The van der Waals surface area contributed by atoms with E-state index >= 15 is 0 Å². The molecule has 0 amide bonds. The van der Waals surface area contributed by atoms with Crippen LogP contribution >= 0.6 is 11.6 Å². The minimum absolute atomic E-state index is 0.222. The van der Waals surface area contributed by atoms with Crippen LogP contribution in [0.4, 0.5) is 0 Å². The van der Waals surface area contributed by atoms with Crippen molar-refractivity contribution in [1.29, 1.82) is 0 Å². The number of furan rings is 1. The topological polar surface area (TPSA) is 43.9 Å². The van der Waals surface area contributed by atoms with E-state index in [1.807, 2.05) is 24.3 Å². The summed E-state index contributed by atoms with van der Waals surface area (Å²) in [6.07, 6.45) is 5.04. The second-order valence-corrected chi connectivity index (χ2v) is 5.19. The zero-order valence-electron chi connectivity index (χ0n) is 11.3. The molecule has 3 rings (SSSR count). The Morgan fingerprint density at radius 1 is 1.35 bits per heavy atom. The van der Waals surface area contributed by atoms with Gasteiger partial charge >= 0.3 is 0 Å². The van der Waals surface area contributed by atoms with Crippen LogP contribution in [0.2, 0.25) is 0 Å². The van der Waals surface area contributed by atoms with Crippen molar-refractivity contribution >= 4 is 22.8 Å². The van der Waals surface area contributed by atoms with Crippen LogP contribution in [-0.4, -0.2) is 20.4 Å². The summed E-state index contributed by atoms with van der Waals surface area (Å²) in [5.41, 5.74) is 1.82. The summed E-state index contributed by atoms with van der Waals surface area (Å²) in [6, 6.07) is 8.01. The van der Waals surface area contributed by atoms with E-state index in [-0.39, 0.29) is 6.04 Å². The van der Waals surface area contributed by atoms with Crippen molar-refractivity contribution in [3.8, 4) is 0 Å². The molecule has 1 unspecified atom stereocenters. The van der Waals surface area contributed by atoms with Crippen LogP contribution in [0.1, 0.15) is 24.6 Å². The van der Waals surface area contributed by atoms with Crippen LogP contribution in [-0.2, 0) is 12.8 Å². The van der Waals surface area contributed by atoms with E-state index < -0.39 is 0 Å². The van der Waals surface area contributed by atoms with Crippen LogP contribution in [0.25, 0.3) is 11.2 Å². The molecular formula is C15H16ClN3O. The van der Waals surface area contributed by atoms with Gasteiger partial charge in [0.05, 0.1) is 6.26 Å². The first-order valence-electron chi connectivity index (χ1n) is 6.69. The second-order valence-electron chi connectivity index (χ2n) is 4.82. The van der Waals surface area contributed by atoms with E-state index in [9.17, 15) is 0 Å². The number of hydrogen-bond acceptors (Lipinski definition) is 3. The number of pyridine rings is 1. The van der Waals surface area contributed by atoms with Gasteiger partial charge in [-0.05, 0) is 31.2 Å². The van der Waals surface area contributed by atoms with Crippen molar-refractivity contribution in [3.63, 3.8) is 0 Å². The summed E-state index contributed by atoms with van der Waals surface area (Å²) in [7, 11) is 0. The molecule has 0 N–H and O–H groups in total. The highest BCUT2D eigenvalue weighted by atomic mass is 35.5. The van der Waals surface area contributed by atoms with Crippen LogP contribution in [0.5, 0.6) is 0 Å². The summed E-state index contributed by atoms with van der Waals surface area (Å²) in [5, 5.41) is 0. The maximum absolute atomic E-state index is 5.89. The maximum atomic E-state index is 5.89. The van der Waals surface area contributed by atoms with Crippen LogP contribution in [0.15, 0.2) is 41.1 Å². The zero-order valence-corrected chi connectivity index (χ0v) is 12.0. The average Bonchev–Trinajstić information content (AvgIpc) is 3.05. The molecule has 20 heavy (non-hydrogen) atoms. The SMILES string of the molecule is CC(Cc1ccco1)n1c(CCCl)nc2cccnc21. The van der Waals surface area contributed by atoms with Gasteiger partial charge in [-0.2, -0.15) is 0 Å². The molecule has 0 saturated carbocycles. The molecule has 0 saturated heterocycles. The highest BCUT2D eigenvalue weighted by Gasteiger charge is 2.17. The molecule has 0 fully saturated rings. The normalized spacial score (nSPS) is 12.9. The van der Waals surface area contributed by atoms with Crippen molar-refractivity contribution in [1.82, 2.24) is 14.5 Å². The summed E-state index contributed by atoms with van der Waals surface area (Å²) >= 11 is 5.89. The number of alkyl halides is 1. The number of imidazole rings is 1. The Morgan fingerprint density at radius 3 is 3.00 bits per heavy atom. The van der Waals surface area contributed by atoms with Gasteiger partial charge in [0.15, 0.2) is 5.65 Å². The Bertz CT molecular complexity index is 690. The summed E-state index contributed by atoms with van der Waals surface area (Å²) in [4.78, 5) is 9.10. The van der Waals surface area contributed by atoms with Gasteiger partial charge in [0, 0.05) is 31.0 Å². The van der Waals surface area contributed by atoms with Gasteiger partial charge in [0.1, 0.15) is 17.1 Å². The number of fused-ring (bicyclic) bond motifs is 1. The first-order chi connectivity index (χ1) is 9.79. The lowest BCUT2D eigenvalue weighted by Crippen LogP contribution is -2.12. The van der Waals surface area contributed by atoms with E-state index in [0.717, 1.165) is 35.6 Å². The molecule has 3 heterocycles. The number of aryl methyl sites for hydroxylation is 1. The van der Waals surface area contributed by atoms with Gasteiger partial charge in [-0.15, -0.1) is 11.6 Å². The number of rotatable bonds is 5. The first kappa shape index (κ1) is 13.2. The van der Waals surface area contributed by atoms with Crippen LogP contribution in [0, 0.1) is 0 Å². The Hall–Kier alpha value is -1.81. The molecule has 3 aromatic rings. The van der Waals surface area contributed by atoms with Gasteiger partial charge in [-0.1, -0.05) is 0 Å². The van der Waals surface area contributed by atoms with Gasteiger partial charge in [-0.3, -0.25) is 0 Å². The number of hydrogen-bond donors (Lipinski definition) is 0. The van der Waals surface area contributed by atoms with Crippen molar-refractivity contribution in [2.24, 2.45) is 0 Å². The summed E-state index contributed by atoms with van der Waals surface area (Å²) in [6.45, 7) is 2.15. The predicted molar refractivity (Wildman–Crippen MR) is 79.1 cm³/mol. The van der Waals surface area contributed by atoms with Gasteiger partial charge in [0.2, 0.25) is 0 Å². The van der Waals surface area contributed by atoms with Crippen molar-refractivity contribution in [2.45, 2.75) is 25.8 Å². The van der Waals surface area contributed by atoms with E-state index in [1.165, 1.54) is 0 Å². The molecule has 104 valence electrons. The summed E-state index contributed by atoms with van der Waals surface area (Å²) in [5.74, 6) is 2.50. The lowest BCUT2D eigenvalue weighted by molar-refractivity contribution is 0.446. The minimum atomic E-state index is 0.222. The zero-order chi connectivity index (χ0) is 13.9. The van der Waals surface area contributed by atoms with Crippen molar-refractivity contribution < 1.29 is 4.42 Å². The molecule has 0 aliphatic rings. The monoisotopic (exact) mass is 289 g/mol. The van der Waals surface area contributed by atoms with E-state index in [1.54, 1.807) is 12.5 Å². The average molecular weight is 290 g/mol. The van der Waals surface area contributed by atoms with Gasteiger partial charge in [0.25, 0.3) is 0 Å². The maximum Gasteiger partial charge on any atom is 0.160 e. The fourth-order valence-corrected chi connectivity index (χ4v) is 2.68. The van der Waals surface area contributed by atoms with E-state index in [2.05, 4.69) is 21.5 Å². The first-order valence-corrected chi connectivity index (χ1v) is 7.23. The molecule has 1 atom stereocenters. The standard InChI is InChI=1S/C15H16ClN3O/c1-11(10-12-4-3-9-20-12)19-14(6-7-16)18-13-5-2-8-17-15(13)19/h2-5,8-9,11H,6-7,10H2,1H3. The lowest BCUT2D eigenvalue weighted by Gasteiger charge is -2.15. The highest BCUT2D eigenvalue weighted by molar-refractivity contribution is 6.17. The molecule has 5 heteroatoms. The molecule has 3 aromatic heterocycles. The molecule has 0 bridgehead atoms. The van der Waals surface area contributed by atoms with Crippen molar-refractivity contribution in [3.05, 3.63) is 48.3 Å². The Balaban J connectivity index is 2.01. The molecule has 0 aliphatic heterocycles. The highest BCUT2D eigenvalue weighted by Crippen LogP contribution is 2.23. The predicted octanol–water partition coefficient (Wildman–Crippen LogP) is 3.61. The number of aromatic nitrogens is 3. The van der Waals surface area contributed by atoms with Gasteiger partial charge < -0.3 is 8.98 Å². The number of nitrogens with zero attached hydrogens (tertiary/aromatic N) is 3. The fourth-order valence-electron chi connectivity index (χ4n) is 2.51. The largest absolute Gasteiger partial charge is 0.469 e. The van der Waals surface area contributed by atoms with Crippen molar-refractivity contribution in [2.75, 3.05) is 5.88 Å². The molecule has 0 spiro atoms. The Labute approximate surface area is 122 Å². The third-order valence-electron chi connectivity index (χ3n) is 3.36. The Morgan fingerprint density at radius 2 is 2.25 bits per heavy atom. The molecule has 4 nitrogen and oxygen atoms in total.